The fraction of sp³-hybridized carbons (Fsp3) is 0.286. The molecule has 10 nitrogen and oxygen atoms in total. The number of aromatic nitrogens is 2. The van der Waals surface area contributed by atoms with Crippen LogP contribution in [-0.4, -0.2) is 62.2 Å². The topological polar surface area (TPSA) is 124 Å². The van der Waals surface area contributed by atoms with Crippen LogP contribution in [0.1, 0.15) is 16.2 Å². The van der Waals surface area contributed by atoms with Gasteiger partial charge in [-0.2, -0.15) is 4.31 Å². The summed E-state index contributed by atoms with van der Waals surface area (Å²) in [4.78, 5) is 12.5. The lowest BCUT2D eigenvalue weighted by Crippen LogP contribution is -2.40. The molecule has 1 N–H and O–H groups in total. The van der Waals surface area contributed by atoms with Crippen molar-refractivity contribution in [2.75, 3.05) is 33.4 Å². The Morgan fingerprint density at radius 3 is 2.41 bits per heavy atom. The minimum atomic E-state index is -3.59. The molecule has 3 aromatic rings. The van der Waals surface area contributed by atoms with Crippen LogP contribution >= 0.6 is 0 Å². The van der Waals surface area contributed by atoms with Crippen molar-refractivity contribution in [3.05, 3.63) is 60.0 Å². The smallest absolute Gasteiger partial charge is 0.309 e. The molecule has 4 rings (SSSR count). The van der Waals surface area contributed by atoms with Crippen LogP contribution in [0.15, 0.2) is 57.8 Å². The fourth-order valence-corrected chi connectivity index (χ4v) is 4.55. The molecule has 1 fully saturated rings. The molecule has 0 bridgehead atoms. The minimum absolute atomic E-state index is 0.120. The molecular formula is C21H22N4O6S. The molecule has 0 spiro atoms. The number of hydrogen-bond donors (Lipinski definition) is 1. The van der Waals surface area contributed by atoms with Gasteiger partial charge in [0.1, 0.15) is 5.75 Å². The summed E-state index contributed by atoms with van der Waals surface area (Å²) in [6.45, 7) is 1.69. The predicted molar refractivity (Wildman–Crippen MR) is 113 cm³/mol. The number of morpholine rings is 1. The Kier molecular flexibility index (Phi) is 6.49. The van der Waals surface area contributed by atoms with Crippen molar-refractivity contribution in [2.45, 2.75) is 11.4 Å². The minimum Gasteiger partial charge on any atom is -0.497 e. The van der Waals surface area contributed by atoms with Gasteiger partial charge in [0, 0.05) is 25.2 Å². The van der Waals surface area contributed by atoms with Crippen molar-refractivity contribution in [2.24, 2.45) is 0 Å². The van der Waals surface area contributed by atoms with Gasteiger partial charge in [0.05, 0.1) is 25.2 Å². The highest BCUT2D eigenvalue weighted by atomic mass is 32.2. The molecule has 1 amide bonds. The largest absolute Gasteiger partial charge is 0.497 e. The Labute approximate surface area is 185 Å². The number of sulfonamides is 1. The number of rotatable bonds is 7. The summed E-state index contributed by atoms with van der Waals surface area (Å²) < 4.78 is 42.6. The van der Waals surface area contributed by atoms with E-state index in [9.17, 15) is 13.2 Å². The Morgan fingerprint density at radius 2 is 1.75 bits per heavy atom. The highest BCUT2D eigenvalue weighted by Gasteiger charge is 2.26. The van der Waals surface area contributed by atoms with Crippen LogP contribution in [0.5, 0.6) is 5.75 Å². The molecular weight excluding hydrogens is 436 g/mol. The lowest BCUT2D eigenvalue weighted by Gasteiger charge is -2.26. The molecule has 168 valence electrons. The summed E-state index contributed by atoms with van der Waals surface area (Å²) in [5, 5.41) is 10.4. The zero-order chi connectivity index (χ0) is 22.6. The second-order valence-corrected chi connectivity index (χ2v) is 8.92. The highest BCUT2D eigenvalue weighted by Crippen LogP contribution is 2.23. The van der Waals surface area contributed by atoms with Crippen LogP contribution in [0.3, 0.4) is 0 Å². The van der Waals surface area contributed by atoms with Crippen LogP contribution < -0.4 is 10.1 Å². The summed E-state index contributed by atoms with van der Waals surface area (Å²) in [6.07, 6.45) is 0. The van der Waals surface area contributed by atoms with Gasteiger partial charge in [-0.25, -0.2) is 8.42 Å². The van der Waals surface area contributed by atoms with E-state index < -0.39 is 15.9 Å². The van der Waals surface area contributed by atoms with E-state index in [0.29, 0.717) is 31.9 Å². The van der Waals surface area contributed by atoms with Gasteiger partial charge in [-0.15, -0.1) is 10.2 Å². The van der Waals surface area contributed by atoms with Crippen LogP contribution in [0, 0.1) is 0 Å². The van der Waals surface area contributed by atoms with E-state index in [-0.39, 0.29) is 23.2 Å². The zero-order valence-corrected chi connectivity index (χ0v) is 18.2. The molecule has 0 radical (unpaired) electrons. The average molecular weight is 458 g/mol. The maximum Gasteiger partial charge on any atom is 0.309 e. The predicted octanol–water partition coefficient (Wildman–Crippen LogP) is 1.70. The Bertz CT molecular complexity index is 1170. The fourth-order valence-electron chi connectivity index (χ4n) is 3.14. The molecule has 0 saturated carbocycles. The lowest BCUT2D eigenvalue weighted by atomic mass is 10.2. The molecule has 0 atom stereocenters. The number of methoxy groups -OCH3 is 1. The molecule has 1 aromatic heterocycles. The van der Waals surface area contributed by atoms with Crippen LogP contribution in [0.4, 0.5) is 0 Å². The number of amides is 1. The van der Waals surface area contributed by atoms with Gasteiger partial charge < -0.3 is 19.2 Å². The van der Waals surface area contributed by atoms with Crippen molar-refractivity contribution in [3.8, 4) is 17.2 Å². The zero-order valence-electron chi connectivity index (χ0n) is 17.4. The Balaban J connectivity index is 1.40. The van der Waals surface area contributed by atoms with E-state index in [1.54, 1.807) is 31.4 Å². The van der Waals surface area contributed by atoms with Crippen molar-refractivity contribution in [1.29, 1.82) is 0 Å². The van der Waals surface area contributed by atoms with Crippen LogP contribution in [0.25, 0.3) is 11.5 Å². The van der Waals surface area contributed by atoms with Gasteiger partial charge in [0.2, 0.25) is 15.9 Å². The van der Waals surface area contributed by atoms with Gasteiger partial charge in [-0.05, 0) is 42.0 Å². The van der Waals surface area contributed by atoms with Gasteiger partial charge in [-0.1, -0.05) is 12.1 Å². The number of ether oxygens (including phenoxy) is 2. The number of nitrogens with one attached hydrogen (secondary N) is 1. The average Bonchev–Trinajstić information content (AvgIpc) is 3.34. The summed E-state index contributed by atoms with van der Waals surface area (Å²) in [6, 6.07) is 13.4. The Hall–Kier alpha value is -3.28. The third-order valence-corrected chi connectivity index (χ3v) is 6.85. The van der Waals surface area contributed by atoms with E-state index in [0.717, 1.165) is 11.3 Å². The number of hydrogen-bond acceptors (Lipinski definition) is 8. The molecule has 0 aliphatic carbocycles. The van der Waals surface area contributed by atoms with E-state index in [1.165, 1.54) is 16.4 Å². The number of benzene rings is 2. The van der Waals surface area contributed by atoms with Crippen LogP contribution in [-0.2, 0) is 21.3 Å². The third-order valence-electron chi connectivity index (χ3n) is 4.94. The number of nitrogens with zero attached hydrogens (tertiary/aromatic N) is 3. The van der Waals surface area contributed by atoms with E-state index in [2.05, 4.69) is 15.5 Å². The summed E-state index contributed by atoms with van der Waals surface area (Å²) in [5.74, 6) is 0.157. The maximum absolute atomic E-state index is 12.7. The first kappa shape index (κ1) is 21.9. The number of carbonyl (C=O) groups excluding carboxylic acids is 1. The van der Waals surface area contributed by atoms with Crippen LogP contribution in [0.2, 0.25) is 0 Å². The lowest BCUT2D eigenvalue weighted by molar-refractivity contribution is 0.0730. The van der Waals surface area contributed by atoms with Crippen molar-refractivity contribution in [1.82, 2.24) is 19.8 Å². The molecule has 1 aliphatic rings. The van der Waals surface area contributed by atoms with Crippen molar-refractivity contribution in [3.63, 3.8) is 0 Å². The van der Waals surface area contributed by atoms with Gasteiger partial charge in [0.15, 0.2) is 0 Å². The second-order valence-electron chi connectivity index (χ2n) is 6.98. The summed E-state index contributed by atoms with van der Waals surface area (Å²) >= 11 is 0. The quantitative estimate of drug-likeness (QED) is 0.567. The van der Waals surface area contributed by atoms with E-state index >= 15 is 0 Å². The molecule has 2 heterocycles. The van der Waals surface area contributed by atoms with Gasteiger partial charge >= 0.3 is 11.8 Å². The van der Waals surface area contributed by atoms with E-state index in [4.69, 9.17) is 13.9 Å². The number of carbonyl (C=O) groups is 1. The highest BCUT2D eigenvalue weighted by molar-refractivity contribution is 7.89. The van der Waals surface area contributed by atoms with Crippen molar-refractivity contribution < 1.29 is 27.1 Å². The normalized spacial score (nSPS) is 14.8. The maximum atomic E-state index is 12.7. The Morgan fingerprint density at radius 1 is 1.06 bits per heavy atom. The molecule has 32 heavy (non-hydrogen) atoms. The van der Waals surface area contributed by atoms with Gasteiger partial charge in [0.25, 0.3) is 0 Å². The van der Waals surface area contributed by atoms with E-state index in [1.807, 2.05) is 12.1 Å². The molecule has 0 unspecified atom stereocenters. The molecule has 1 aliphatic heterocycles. The summed E-state index contributed by atoms with van der Waals surface area (Å²) in [5.41, 5.74) is 1.39. The first-order valence-corrected chi connectivity index (χ1v) is 11.3. The van der Waals surface area contributed by atoms with Gasteiger partial charge in [-0.3, -0.25) is 4.79 Å². The van der Waals surface area contributed by atoms with Crippen molar-refractivity contribution >= 4 is 15.9 Å². The standard InChI is InChI=1S/C21H22N4O6S/c1-29-17-6-2-15(3-7-17)14-22-19(26)21-24-23-20(31-21)16-4-8-18(9-5-16)32(27,28)25-10-12-30-13-11-25/h2-9H,10-14H2,1H3,(H,22,26). The molecule has 2 aromatic carbocycles. The monoisotopic (exact) mass is 458 g/mol. The molecule has 1 saturated heterocycles. The first-order chi connectivity index (χ1) is 15.5. The SMILES string of the molecule is COc1ccc(CNC(=O)c2nnc(-c3ccc(S(=O)(=O)N4CCOCC4)cc3)o2)cc1. The third kappa shape index (κ3) is 4.79. The molecule has 11 heteroatoms. The second kappa shape index (κ2) is 9.47. The first-order valence-electron chi connectivity index (χ1n) is 9.90. The summed E-state index contributed by atoms with van der Waals surface area (Å²) in [7, 11) is -2.01.